The Morgan fingerprint density at radius 3 is 2.59 bits per heavy atom. The van der Waals surface area contributed by atoms with Crippen LogP contribution in [0.4, 0.5) is 13.2 Å². The van der Waals surface area contributed by atoms with Crippen molar-refractivity contribution in [2.24, 2.45) is 0 Å². The minimum Gasteiger partial charge on any atom is -0.497 e. The Bertz CT molecular complexity index is 1030. The molecule has 0 aliphatic heterocycles. The van der Waals surface area contributed by atoms with Crippen molar-refractivity contribution in [1.82, 2.24) is 15.4 Å². The first-order valence-electron chi connectivity index (χ1n) is 7.76. The van der Waals surface area contributed by atoms with Gasteiger partial charge in [0.2, 0.25) is 0 Å². The van der Waals surface area contributed by atoms with E-state index in [2.05, 4.69) is 15.4 Å². The molecule has 0 saturated carbocycles. The molecule has 0 amide bonds. The summed E-state index contributed by atoms with van der Waals surface area (Å²) in [4.78, 5) is 0. The smallest absolute Gasteiger partial charge is 0.416 e. The van der Waals surface area contributed by atoms with Crippen molar-refractivity contribution in [3.63, 3.8) is 0 Å². The van der Waals surface area contributed by atoms with Crippen LogP contribution in [0.2, 0.25) is 0 Å². The van der Waals surface area contributed by atoms with Crippen LogP contribution in [-0.4, -0.2) is 22.5 Å². The molecule has 5 nitrogen and oxygen atoms in total. The first kappa shape index (κ1) is 18.2. The number of ether oxygens (including phenoxy) is 1. The SMILES string of the molecule is COc1cc(/C=C/c2cccc(C(F)(F)F)c2)cc(-c2nn[nH]c2C#N)c1. The maximum absolute atomic E-state index is 12.8. The van der Waals surface area contributed by atoms with Crippen molar-refractivity contribution in [2.75, 3.05) is 7.11 Å². The Kier molecular flexibility index (Phi) is 4.94. The van der Waals surface area contributed by atoms with Crippen LogP contribution >= 0.6 is 0 Å². The summed E-state index contributed by atoms with van der Waals surface area (Å²) in [5, 5.41) is 19.1. The molecular weight excluding hydrogens is 357 g/mol. The van der Waals surface area contributed by atoms with Crippen molar-refractivity contribution < 1.29 is 17.9 Å². The molecule has 0 unspecified atom stereocenters. The van der Waals surface area contributed by atoms with E-state index < -0.39 is 11.7 Å². The average Bonchev–Trinajstić information content (AvgIpc) is 3.14. The predicted molar refractivity (Wildman–Crippen MR) is 93.5 cm³/mol. The fraction of sp³-hybridized carbons (Fsp3) is 0.105. The van der Waals surface area contributed by atoms with Crippen LogP contribution in [-0.2, 0) is 6.18 Å². The van der Waals surface area contributed by atoms with Gasteiger partial charge in [0.25, 0.3) is 0 Å². The molecule has 0 atom stereocenters. The summed E-state index contributed by atoms with van der Waals surface area (Å²) in [6.45, 7) is 0. The van der Waals surface area contributed by atoms with Gasteiger partial charge in [-0.05, 0) is 41.5 Å². The standard InChI is InChI=1S/C19H13F3N4O/c1-27-16-9-13(7-14(10-16)18-17(11-23)24-26-25-18)6-5-12-3-2-4-15(8-12)19(20,21)22/h2-10H,1H3,(H,24,25,26)/b6-5+. The number of alkyl halides is 3. The number of nitriles is 1. The molecule has 8 heteroatoms. The minimum absolute atomic E-state index is 0.205. The van der Waals surface area contributed by atoms with E-state index in [0.717, 1.165) is 12.1 Å². The van der Waals surface area contributed by atoms with Gasteiger partial charge in [-0.2, -0.15) is 18.4 Å². The van der Waals surface area contributed by atoms with Crippen molar-refractivity contribution in [3.05, 3.63) is 64.8 Å². The second kappa shape index (κ2) is 7.33. The van der Waals surface area contributed by atoms with E-state index in [0.29, 0.717) is 28.1 Å². The number of nitrogens with one attached hydrogen (secondary N) is 1. The normalized spacial score (nSPS) is 11.5. The minimum atomic E-state index is -4.40. The fourth-order valence-electron chi connectivity index (χ4n) is 2.49. The van der Waals surface area contributed by atoms with Crippen LogP contribution in [0.15, 0.2) is 42.5 Å². The number of H-pyrrole nitrogens is 1. The van der Waals surface area contributed by atoms with Gasteiger partial charge >= 0.3 is 6.18 Å². The van der Waals surface area contributed by atoms with E-state index in [1.807, 2.05) is 6.07 Å². The molecule has 0 aliphatic carbocycles. The first-order valence-corrected chi connectivity index (χ1v) is 7.76. The van der Waals surface area contributed by atoms with Gasteiger partial charge in [-0.15, -0.1) is 5.10 Å². The quantitative estimate of drug-likeness (QED) is 0.684. The van der Waals surface area contributed by atoms with E-state index in [1.54, 1.807) is 36.4 Å². The van der Waals surface area contributed by atoms with E-state index in [1.165, 1.54) is 13.2 Å². The monoisotopic (exact) mass is 370 g/mol. The molecule has 1 N–H and O–H groups in total. The molecule has 0 spiro atoms. The number of hydrogen-bond donors (Lipinski definition) is 1. The van der Waals surface area contributed by atoms with E-state index in [-0.39, 0.29) is 5.69 Å². The van der Waals surface area contributed by atoms with Gasteiger partial charge in [0.15, 0.2) is 5.69 Å². The Morgan fingerprint density at radius 2 is 1.89 bits per heavy atom. The molecule has 0 radical (unpaired) electrons. The third kappa shape index (κ3) is 4.15. The van der Waals surface area contributed by atoms with Gasteiger partial charge in [-0.25, -0.2) is 5.10 Å². The number of benzene rings is 2. The summed E-state index contributed by atoms with van der Waals surface area (Å²) in [7, 11) is 1.49. The lowest BCUT2D eigenvalue weighted by Crippen LogP contribution is -2.04. The van der Waals surface area contributed by atoms with Crippen molar-refractivity contribution >= 4 is 12.2 Å². The van der Waals surface area contributed by atoms with E-state index >= 15 is 0 Å². The fourth-order valence-corrected chi connectivity index (χ4v) is 2.49. The van der Waals surface area contributed by atoms with Crippen LogP contribution < -0.4 is 4.74 Å². The number of halogens is 3. The van der Waals surface area contributed by atoms with E-state index in [4.69, 9.17) is 10.00 Å². The molecule has 3 aromatic rings. The number of methoxy groups -OCH3 is 1. The summed E-state index contributed by atoms with van der Waals surface area (Å²) < 4.78 is 43.7. The molecule has 2 aromatic carbocycles. The second-order valence-electron chi connectivity index (χ2n) is 5.60. The van der Waals surface area contributed by atoms with Gasteiger partial charge in [-0.3, -0.25) is 0 Å². The second-order valence-corrected chi connectivity index (χ2v) is 5.60. The largest absolute Gasteiger partial charge is 0.497 e. The topological polar surface area (TPSA) is 74.6 Å². The Hall–Kier alpha value is -3.60. The number of aromatic nitrogens is 3. The van der Waals surface area contributed by atoms with Crippen LogP contribution in [0.25, 0.3) is 23.4 Å². The summed E-state index contributed by atoms with van der Waals surface area (Å²) in [6, 6.07) is 12.2. The van der Waals surface area contributed by atoms with Crippen LogP contribution in [0.3, 0.4) is 0 Å². The highest BCUT2D eigenvalue weighted by molar-refractivity contribution is 5.75. The lowest BCUT2D eigenvalue weighted by Gasteiger charge is -2.07. The molecule has 0 aliphatic rings. The molecular formula is C19H13F3N4O. The molecule has 136 valence electrons. The average molecular weight is 370 g/mol. The zero-order valence-corrected chi connectivity index (χ0v) is 14.1. The molecule has 1 aromatic heterocycles. The summed E-state index contributed by atoms with van der Waals surface area (Å²) in [5.41, 5.74) is 1.55. The van der Waals surface area contributed by atoms with Gasteiger partial charge in [0.05, 0.1) is 12.7 Å². The van der Waals surface area contributed by atoms with Crippen molar-refractivity contribution in [3.8, 4) is 23.1 Å². The summed E-state index contributed by atoms with van der Waals surface area (Å²) >= 11 is 0. The van der Waals surface area contributed by atoms with Crippen LogP contribution in [0, 0.1) is 11.3 Å². The number of hydrogen-bond acceptors (Lipinski definition) is 4. The lowest BCUT2D eigenvalue weighted by atomic mass is 10.0. The molecule has 27 heavy (non-hydrogen) atoms. The highest BCUT2D eigenvalue weighted by Crippen LogP contribution is 2.30. The summed E-state index contributed by atoms with van der Waals surface area (Å²) in [5.74, 6) is 0.517. The molecule has 0 bridgehead atoms. The lowest BCUT2D eigenvalue weighted by molar-refractivity contribution is -0.137. The van der Waals surface area contributed by atoms with Gasteiger partial charge < -0.3 is 4.74 Å². The highest BCUT2D eigenvalue weighted by atomic mass is 19.4. The zero-order valence-electron chi connectivity index (χ0n) is 14.1. The maximum Gasteiger partial charge on any atom is 0.416 e. The molecule has 0 fully saturated rings. The highest BCUT2D eigenvalue weighted by Gasteiger charge is 2.30. The van der Waals surface area contributed by atoms with Crippen molar-refractivity contribution in [1.29, 1.82) is 5.26 Å². The third-order valence-corrected chi connectivity index (χ3v) is 3.78. The predicted octanol–water partition coefficient (Wildman–Crippen LogP) is 4.54. The Morgan fingerprint density at radius 1 is 1.11 bits per heavy atom. The van der Waals surface area contributed by atoms with Crippen LogP contribution in [0.1, 0.15) is 22.4 Å². The first-order chi connectivity index (χ1) is 12.9. The number of nitrogens with zero attached hydrogens (tertiary/aromatic N) is 3. The molecule has 3 rings (SSSR count). The Labute approximate surface area is 152 Å². The zero-order chi connectivity index (χ0) is 19.4. The van der Waals surface area contributed by atoms with Crippen LogP contribution in [0.5, 0.6) is 5.75 Å². The number of aromatic amines is 1. The molecule has 1 heterocycles. The van der Waals surface area contributed by atoms with Gasteiger partial charge in [0.1, 0.15) is 17.5 Å². The maximum atomic E-state index is 12.8. The molecule has 0 saturated heterocycles. The summed E-state index contributed by atoms with van der Waals surface area (Å²) in [6.07, 6.45) is -1.16. The van der Waals surface area contributed by atoms with E-state index in [9.17, 15) is 13.2 Å². The third-order valence-electron chi connectivity index (χ3n) is 3.78. The number of rotatable bonds is 4. The van der Waals surface area contributed by atoms with Gasteiger partial charge in [-0.1, -0.05) is 29.5 Å². The Balaban J connectivity index is 1.97. The van der Waals surface area contributed by atoms with Crippen molar-refractivity contribution in [2.45, 2.75) is 6.18 Å². The van der Waals surface area contributed by atoms with Gasteiger partial charge in [0, 0.05) is 5.56 Å².